The third-order valence-corrected chi connectivity index (χ3v) is 5.24. The summed E-state index contributed by atoms with van der Waals surface area (Å²) in [6, 6.07) is 16.1. The topological polar surface area (TPSA) is 38.2 Å². The number of benzene rings is 2. The summed E-state index contributed by atoms with van der Waals surface area (Å²) in [5.74, 6) is 1.48. The van der Waals surface area contributed by atoms with E-state index in [-0.39, 0.29) is 0 Å². The van der Waals surface area contributed by atoms with Gasteiger partial charge in [-0.1, -0.05) is 36.4 Å². The minimum absolute atomic E-state index is 0.740. The standard InChI is InChI=1S/C22H27N3O2S/c1-26-20-15-19(16-21(17-20)27-2)23-22(28)25-13-11-24(12-14-25)10-6-9-18-7-4-3-5-8-18/h3-9,15-17H,10-14H2,1-2H3,(H,23,28)/p+1/b9-6+. The average molecular weight is 399 g/mol. The maximum Gasteiger partial charge on any atom is 0.173 e. The Morgan fingerprint density at radius 1 is 1.07 bits per heavy atom. The predicted octanol–water partition coefficient (Wildman–Crippen LogP) is 2.31. The van der Waals surface area contributed by atoms with Crippen LogP contribution >= 0.6 is 12.2 Å². The second-order valence-corrected chi connectivity index (χ2v) is 7.17. The van der Waals surface area contributed by atoms with E-state index in [2.05, 4.69) is 46.6 Å². The highest BCUT2D eigenvalue weighted by atomic mass is 32.1. The molecule has 2 aromatic rings. The van der Waals surface area contributed by atoms with Crippen LogP contribution in [0.1, 0.15) is 5.56 Å². The van der Waals surface area contributed by atoms with Crippen molar-refractivity contribution in [1.29, 1.82) is 0 Å². The molecule has 1 heterocycles. The summed E-state index contributed by atoms with van der Waals surface area (Å²) in [5, 5.41) is 4.06. The van der Waals surface area contributed by atoms with Crippen LogP contribution in [0, 0.1) is 0 Å². The number of anilines is 1. The third kappa shape index (κ3) is 5.71. The fourth-order valence-corrected chi connectivity index (χ4v) is 3.54. The number of ether oxygens (including phenoxy) is 2. The Bertz CT molecular complexity index is 780. The lowest BCUT2D eigenvalue weighted by molar-refractivity contribution is -0.897. The Balaban J connectivity index is 1.48. The van der Waals surface area contributed by atoms with E-state index in [0.29, 0.717) is 0 Å². The first kappa shape index (κ1) is 20.2. The number of piperazine rings is 1. The normalized spacial score (nSPS) is 14.9. The second-order valence-electron chi connectivity index (χ2n) is 6.79. The van der Waals surface area contributed by atoms with Crippen molar-refractivity contribution in [3.63, 3.8) is 0 Å². The largest absolute Gasteiger partial charge is 0.497 e. The molecule has 5 nitrogen and oxygen atoms in total. The number of methoxy groups -OCH3 is 2. The van der Waals surface area contributed by atoms with Crippen LogP contribution in [0.15, 0.2) is 54.6 Å². The van der Waals surface area contributed by atoms with Gasteiger partial charge in [0.2, 0.25) is 0 Å². The maximum absolute atomic E-state index is 5.61. The van der Waals surface area contributed by atoms with Crippen LogP contribution in [0.5, 0.6) is 11.5 Å². The molecule has 0 aromatic heterocycles. The van der Waals surface area contributed by atoms with E-state index >= 15 is 0 Å². The van der Waals surface area contributed by atoms with Gasteiger partial charge in [-0.25, -0.2) is 0 Å². The zero-order valence-electron chi connectivity index (χ0n) is 16.5. The van der Waals surface area contributed by atoms with Crippen molar-refractivity contribution in [3.8, 4) is 11.5 Å². The molecule has 3 rings (SSSR count). The monoisotopic (exact) mass is 398 g/mol. The Morgan fingerprint density at radius 3 is 2.32 bits per heavy atom. The smallest absolute Gasteiger partial charge is 0.173 e. The van der Waals surface area contributed by atoms with Crippen molar-refractivity contribution < 1.29 is 14.4 Å². The molecule has 1 aliphatic rings. The van der Waals surface area contributed by atoms with Gasteiger partial charge in [-0.15, -0.1) is 0 Å². The molecule has 1 saturated heterocycles. The quantitative estimate of drug-likeness (QED) is 0.731. The summed E-state index contributed by atoms with van der Waals surface area (Å²) in [5.41, 5.74) is 2.13. The first-order valence-electron chi connectivity index (χ1n) is 9.52. The summed E-state index contributed by atoms with van der Waals surface area (Å²) in [7, 11) is 3.29. The van der Waals surface area contributed by atoms with E-state index in [1.54, 1.807) is 19.1 Å². The molecule has 0 aliphatic carbocycles. The lowest BCUT2D eigenvalue weighted by Crippen LogP contribution is -3.14. The highest BCUT2D eigenvalue weighted by Crippen LogP contribution is 2.26. The van der Waals surface area contributed by atoms with Crippen LogP contribution < -0.4 is 19.7 Å². The number of quaternary nitrogens is 1. The van der Waals surface area contributed by atoms with Gasteiger partial charge in [0.05, 0.1) is 46.9 Å². The van der Waals surface area contributed by atoms with Crippen molar-refractivity contribution in [1.82, 2.24) is 4.90 Å². The molecule has 0 unspecified atom stereocenters. The van der Waals surface area contributed by atoms with Gasteiger partial charge in [0.1, 0.15) is 11.5 Å². The highest BCUT2D eigenvalue weighted by molar-refractivity contribution is 7.80. The summed E-state index contributed by atoms with van der Waals surface area (Å²) in [6.45, 7) is 5.07. The number of nitrogens with one attached hydrogen (secondary N) is 2. The van der Waals surface area contributed by atoms with Gasteiger partial charge in [0.25, 0.3) is 0 Å². The number of rotatable bonds is 6. The molecule has 2 N–H and O–H groups in total. The molecule has 148 valence electrons. The number of nitrogens with zero attached hydrogens (tertiary/aromatic N) is 1. The van der Waals surface area contributed by atoms with Crippen LogP contribution in [-0.4, -0.2) is 57.0 Å². The highest BCUT2D eigenvalue weighted by Gasteiger charge is 2.21. The maximum atomic E-state index is 5.61. The van der Waals surface area contributed by atoms with E-state index in [1.807, 2.05) is 24.3 Å². The number of thiocarbonyl (C=S) groups is 1. The van der Waals surface area contributed by atoms with Crippen molar-refractivity contribution in [3.05, 3.63) is 60.2 Å². The molecule has 0 amide bonds. The van der Waals surface area contributed by atoms with Crippen LogP contribution in [0.3, 0.4) is 0 Å². The Labute approximate surface area is 172 Å². The van der Waals surface area contributed by atoms with Crippen molar-refractivity contribution >= 4 is 29.1 Å². The molecule has 28 heavy (non-hydrogen) atoms. The minimum atomic E-state index is 0.740. The summed E-state index contributed by atoms with van der Waals surface area (Å²) >= 11 is 5.61. The Kier molecular flexibility index (Phi) is 7.28. The zero-order chi connectivity index (χ0) is 19.8. The molecule has 2 aromatic carbocycles. The summed E-state index contributed by atoms with van der Waals surface area (Å²) in [6.07, 6.45) is 4.46. The van der Waals surface area contributed by atoms with Crippen molar-refractivity contribution in [2.24, 2.45) is 0 Å². The van der Waals surface area contributed by atoms with Crippen LogP contribution in [-0.2, 0) is 0 Å². The lowest BCUT2D eigenvalue weighted by Gasteiger charge is -2.33. The summed E-state index contributed by atoms with van der Waals surface area (Å²) < 4.78 is 10.6. The molecule has 0 radical (unpaired) electrons. The molecule has 1 aliphatic heterocycles. The van der Waals surface area contributed by atoms with Crippen LogP contribution in [0.25, 0.3) is 6.08 Å². The summed E-state index contributed by atoms with van der Waals surface area (Å²) in [4.78, 5) is 3.81. The van der Waals surface area contributed by atoms with E-state index in [1.165, 1.54) is 5.56 Å². The van der Waals surface area contributed by atoms with Gasteiger partial charge in [-0.2, -0.15) is 0 Å². The number of hydrogen-bond donors (Lipinski definition) is 2. The van der Waals surface area contributed by atoms with Crippen LogP contribution in [0.4, 0.5) is 5.69 Å². The van der Waals surface area contributed by atoms with Crippen molar-refractivity contribution in [2.75, 3.05) is 52.3 Å². The molecule has 0 spiro atoms. The van der Waals surface area contributed by atoms with Gasteiger partial charge in [0.15, 0.2) is 5.11 Å². The van der Waals surface area contributed by atoms with Gasteiger partial charge in [-0.3, -0.25) is 0 Å². The zero-order valence-corrected chi connectivity index (χ0v) is 17.3. The van der Waals surface area contributed by atoms with Crippen LogP contribution in [0.2, 0.25) is 0 Å². The first-order chi connectivity index (χ1) is 13.7. The first-order valence-corrected chi connectivity index (χ1v) is 9.93. The molecular formula is C22H28N3O2S+. The van der Waals surface area contributed by atoms with Gasteiger partial charge in [0, 0.05) is 23.9 Å². The molecule has 0 atom stereocenters. The SMILES string of the molecule is COc1cc(NC(=S)N2CC[NH+](C/C=C/c3ccccc3)CC2)cc(OC)c1. The molecule has 6 heteroatoms. The fourth-order valence-electron chi connectivity index (χ4n) is 3.24. The van der Waals surface area contributed by atoms with E-state index in [0.717, 1.165) is 55.0 Å². The van der Waals surface area contributed by atoms with Crippen molar-refractivity contribution in [2.45, 2.75) is 0 Å². The van der Waals surface area contributed by atoms with Gasteiger partial charge in [-0.05, 0) is 23.9 Å². The lowest BCUT2D eigenvalue weighted by atomic mass is 10.2. The van der Waals surface area contributed by atoms with Gasteiger partial charge >= 0.3 is 0 Å². The van der Waals surface area contributed by atoms with E-state index < -0.39 is 0 Å². The molecular weight excluding hydrogens is 370 g/mol. The minimum Gasteiger partial charge on any atom is -0.497 e. The van der Waals surface area contributed by atoms with E-state index in [9.17, 15) is 0 Å². The van der Waals surface area contributed by atoms with Gasteiger partial charge < -0.3 is 24.6 Å². The second kappa shape index (κ2) is 10.1. The average Bonchev–Trinajstić information content (AvgIpc) is 2.74. The number of hydrogen-bond acceptors (Lipinski definition) is 3. The Morgan fingerprint density at radius 2 is 1.71 bits per heavy atom. The Hall–Kier alpha value is -2.57. The van der Waals surface area contributed by atoms with E-state index in [4.69, 9.17) is 21.7 Å². The molecule has 1 fully saturated rings. The predicted molar refractivity (Wildman–Crippen MR) is 118 cm³/mol. The molecule has 0 saturated carbocycles. The molecule has 0 bridgehead atoms. The third-order valence-electron chi connectivity index (χ3n) is 4.88. The fraction of sp³-hybridized carbons (Fsp3) is 0.318.